The summed E-state index contributed by atoms with van der Waals surface area (Å²) in [4.78, 5) is 0. The minimum Gasteiger partial charge on any atom is -0.491 e. The van der Waals surface area contributed by atoms with Crippen molar-refractivity contribution in [1.82, 2.24) is 5.32 Å². The zero-order valence-corrected chi connectivity index (χ0v) is 12.2. The monoisotopic (exact) mass is 263 g/mol. The highest BCUT2D eigenvalue weighted by molar-refractivity contribution is 5.27. The minimum absolute atomic E-state index is 0.0285. The molecule has 0 radical (unpaired) electrons. The summed E-state index contributed by atoms with van der Waals surface area (Å²) in [5.74, 6) is 0.935. The highest BCUT2D eigenvalue weighted by Crippen LogP contribution is 2.24. The van der Waals surface area contributed by atoms with Crippen molar-refractivity contribution in [3.05, 3.63) is 29.8 Å². The van der Waals surface area contributed by atoms with Crippen LogP contribution >= 0.6 is 0 Å². The van der Waals surface area contributed by atoms with E-state index < -0.39 is 0 Å². The Labute approximate surface area is 116 Å². The van der Waals surface area contributed by atoms with E-state index in [-0.39, 0.29) is 11.7 Å². The Bertz CT molecular complexity index is 380. The van der Waals surface area contributed by atoms with Crippen molar-refractivity contribution in [1.29, 1.82) is 0 Å². The highest BCUT2D eigenvalue weighted by Gasteiger charge is 2.28. The molecule has 1 heterocycles. The van der Waals surface area contributed by atoms with E-state index in [2.05, 4.69) is 24.4 Å². The van der Waals surface area contributed by atoms with Crippen LogP contribution in [-0.4, -0.2) is 24.9 Å². The second-order valence-corrected chi connectivity index (χ2v) is 5.82. The van der Waals surface area contributed by atoms with Crippen LogP contribution in [0.25, 0.3) is 0 Å². The lowest BCUT2D eigenvalue weighted by Gasteiger charge is -2.23. The van der Waals surface area contributed by atoms with Crippen molar-refractivity contribution in [2.75, 3.05) is 13.2 Å². The second kappa shape index (κ2) is 6.40. The van der Waals surface area contributed by atoms with E-state index in [9.17, 15) is 0 Å². The van der Waals surface area contributed by atoms with Gasteiger partial charge in [0.15, 0.2) is 0 Å². The van der Waals surface area contributed by atoms with Crippen molar-refractivity contribution in [3.63, 3.8) is 0 Å². The van der Waals surface area contributed by atoms with Crippen molar-refractivity contribution < 1.29 is 9.47 Å². The molecule has 3 heteroatoms. The third kappa shape index (κ3) is 4.51. The predicted molar refractivity (Wildman–Crippen MR) is 77.5 cm³/mol. The van der Waals surface area contributed by atoms with E-state index in [0.717, 1.165) is 31.9 Å². The van der Waals surface area contributed by atoms with Gasteiger partial charge in [0.05, 0.1) is 11.7 Å². The van der Waals surface area contributed by atoms with Crippen LogP contribution < -0.4 is 10.1 Å². The van der Waals surface area contributed by atoms with Gasteiger partial charge in [-0.1, -0.05) is 12.1 Å². The van der Waals surface area contributed by atoms with Gasteiger partial charge in [0.2, 0.25) is 0 Å². The molecule has 1 unspecified atom stereocenters. The van der Waals surface area contributed by atoms with Crippen molar-refractivity contribution in [2.24, 2.45) is 0 Å². The summed E-state index contributed by atoms with van der Waals surface area (Å²) in [6.45, 7) is 8.96. The van der Waals surface area contributed by atoms with Gasteiger partial charge >= 0.3 is 0 Å². The first-order chi connectivity index (χ1) is 9.07. The molecule has 1 fully saturated rings. The summed E-state index contributed by atoms with van der Waals surface area (Å²) >= 11 is 0. The topological polar surface area (TPSA) is 30.5 Å². The van der Waals surface area contributed by atoms with Crippen molar-refractivity contribution in [3.8, 4) is 5.75 Å². The van der Waals surface area contributed by atoms with Gasteiger partial charge in [0.1, 0.15) is 5.75 Å². The normalized spacial score (nSPS) is 22.9. The molecule has 1 saturated heterocycles. The highest BCUT2D eigenvalue weighted by atomic mass is 16.5. The standard InChI is InChI=1S/C16H25NO2/c1-13(2)19-15-7-5-14(6-8-15)11-17-12-16(3)9-4-10-18-16/h5-8,13,17H,4,9-12H2,1-3H3. The fourth-order valence-electron chi connectivity index (χ4n) is 2.41. The maximum absolute atomic E-state index is 5.76. The van der Waals surface area contributed by atoms with Crippen molar-refractivity contribution >= 4 is 0 Å². The van der Waals surface area contributed by atoms with Crippen LogP contribution in [0.15, 0.2) is 24.3 Å². The maximum atomic E-state index is 5.76. The lowest BCUT2D eigenvalue weighted by Crippen LogP contribution is -2.36. The van der Waals surface area contributed by atoms with Gasteiger partial charge in [-0.2, -0.15) is 0 Å². The first kappa shape index (κ1) is 14.4. The van der Waals surface area contributed by atoms with Gasteiger partial charge < -0.3 is 14.8 Å². The summed E-state index contributed by atoms with van der Waals surface area (Å²) in [5.41, 5.74) is 1.30. The summed E-state index contributed by atoms with van der Waals surface area (Å²) in [6, 6.07) is 8.29. The molecule has 2 rings (SSSR count). The Morgan fingerprint density at radius 3 is 2.63 bits per heavy atom. The van der Waals surface area contributed by atoms with Gasteiger partial charge in [-0.3, -0.25) is 0 Å². The molecule has 1 N–H and O–H groups in total. The number of hydrogen-bond acceptors (Lipinski definition) is 3. The van der Waals surface area contributed by atoms with E-state index in [0.29, 0.717) is 0 Å². The molecule has 0 saturated carbocycles. The van der Waals surface area contributed by atoms with Crippen LogP contribution in [0.2, 0.25) is 0 Å². The Morgan fingerprint density at radius 1 is 1.32 bits per heavy atom. The first-order valence-corrected chi connectivity index (χ1v) is 7.18. The first-order valence-electron chi connectivity index (χ1n) is 7.18. The molecule has 0 bridgehead atoms. The van der Waals surface area contributed by atoms with E-state index in [1.165, 1.54) is 12.0 Å². The smallest absolute Gasteiger partial charge is 0.119 e. The van der Waals surface area contributed by atoms with Gasteiger partial charge in [-0.25, -0.2) is 0 Å². The van der Waals surface area contributed by atoms with Crippen LogP contribution in [0.5, 0.6) is 5.75 Å². The summed E-state index contributed by atoms with van der Waals surface area (Å²) in [7, 11) is 0. The molecule has 19 heavy (non-hydrogen) atoms. The van der Waals surface area contributed by atoms with Crippen LogP contribution in [0.1, 0.15) is 39.2 Å². The number of rotatable bonds is 6. The van der Waals surface area contributed by atoms with Crippen molar-refractivity contribution in [2.45, 2.75) is 51.9 Å². The predicted octanol–water partition coefficient (Wildman–Crippen LogP) is 3.13. The zero-order valence-electron chi connectivity index (χ0n) is 12.2. The number of hydrogen-bond donors (Lipinski definition) is 1. The maximum Gasteiger partial charge on any atom is 0.119 e. The third-order valence-electron chi connectivity index (χ3n) is 3.42. The molecule has 1 aliphatic rings. The molecule has 0 spiro atoms. The summed E-state index contributed by atoms with van der Waals surface area (Å²) < 4.78 is 11.4. The molecule has 1 aromatic carbocycles. The molecule has 3 nitrogen and oxygen atoms in total. The number of ether oxygens (including phenoxy) is 2. The van der Waals surface area contributed by atoms with E-state index in [1.807, 2.05) is 26.0 Å². The molecule has 1 atom stereocenters. The van der Waals surface area contributed by atoms with Gasteiger partial charge in [-0.15, -0.1) is 0 Å². The molecule has 1 aromatic rings. The van der Waals surface area contributed by atoms with Crippen LogP contribution in [-0.2, 0) is 11.3 Å². The Kier molecular flexibility index (Phi) is 4.83. The second-order valence-electron chi connectivity index (χ2n) is 5.82. The van der Waals surface area contributed by atoms with E-state index in [1.54, 1.807) is 0 Å². The Balaban J connectivity index is 1.76. The SMILES string of the molecule is CC(C)Oc1ccc(CNCC2(C)CCCO2)cc1. The molecule has 0 aromatic heterocycles. The van der Waals surface area contributed by atoms with Crippen LogP contribution in [0, 0.1) is 0 Å². The Morgan fingerprint density at radius 2 is 2.05 bits per heavy atom. The molecule has 0 aliphatic carbocycles. The Hall–Kier alpha value is -1.06. The lowest BCUT2D eigenvalue weighted by molar-refractivity contribution is 0.0207. The molecular weight excluding hydrogens is 238 g/mol. The van der Waals surface area contributed by atoms with E-state index in [4.69, 9.17) is 9.47 Å². The number of nitrogens with one attached hydrogen (secondary N) is 1. The van der Waals surface area contributed by atoms with Crippen LogP contribution in [0.3, 0.4) is 0 Å². The van der Waals surface area contributed by atoms with Gasteiger partial charge in [0, 0.05) is 19.7 Å². The van der Waals surface area contributed by atoms with Crippen LogP contribution in [0.4, 0.5) is 0 Å². The lowest BCUT2D eigenvalue weighted by atomic mass is 10.0. The number of benzene rings is 1. The quantitative estimate of drug-likeness (QED) is 0.855. The molecule has 0 amide bonds. The fourth-order valence-corrected chi connectivity index (χ4v) is 2.41. The minimum atomic E-state index is 0.0285. The largest absolute Gasteiger partial charge is 0.491 e. The zero-order chi connectivity index (χ0) is 13.7. The average molecular weight is 263 g/mol. The summed E-state index contributed by atoms with van der Waals surface area (Å²) in [5, 5.41) is 3.48. The molecular formula is C16H25NO2. The average Bonchev–Trinajstić information content (AvgIpc) is 2.78. The molecule has 106 valence electrons. The van der Waals surface area contributed by atoms with E-state index >= 15 is 0 Å². The van der Waals surface area contributed by atoms with Gasteiger partial charge in [0.25, 0.3) is 0 Å². The fraction of sp³-hybridized carbons (Fsp3) is 0.625. The molecule has 1 aliphatic heterocycles. The summed E-state index contributed by atoms with van der Waals surface area (Å²) in [6.07, 6.45) is 2.56. The third-order valence-corrected chi connectivity index (χ3v) is 3.42. The van der Waals surface area contributed by atoms with Gasteiger partial charge in [-0.05, 0) is 51.3 Å².